The van der Waals surface area contributed by atoms with Crippen LogP contribution in [-0.2, 0) is 17.3 Å². The molecule has 0 atom stereocenters. The highest BCUT2D eigenvalue weighted by Crippen LogP contribution is 2.42. The third kappa shape index (κ3) is 6.35. The van der Waals surface area contributed by atoms with Gasteiger partial charge in [0.25, 0.3) is 0 Å². The van der Waals surface area contributed by atoms with Crippen LogP contribution in [0.4, 0.5) is 0 Å². The zero-order valence-electron chi connectivity index (χ0n) is 31.8. The van der Waals surface area contributed by atoms with Crippen LogP contribution in [0.2, 0.25) is 0 Å². The first-order valence-electron chi connectivity index (χ1n) is 18.2. The number of benzene rings is 4. The molecule has 0 N–H and O–H groups in total. The van der Waals surface area contributed by atoms with Crippen molar-refractivity contribution in [2.75, 3.05) is 0 Å². The highest BCUT2D eigenvalue weighted by atomic mass is 16.5. The van der Waals surface area contributed by atoms with Gasteiger partial charge in [-0.25, -0.2) is 9.67 Å². The Bertz CT molecular complexity index is 2390. The summed E-state index contributed by atoms with van der Waals surface area (Å²) < 4.78 is 11.3. The molecule has 0 aliphatic rings. The molecule has 0 aliphatic carbocycles. The Morgan fingerprint density at radius 3 is 2.10 bits per heavy atom. The minimum absolute atomic E-state index is 0.112. The molecular formula is C46H50N4O. The maximum atomic E-state index is 6.84. The minimum atomic E-state index is -0.176. The van der Waals surface area contributed by atoms with E-state index in [9.17, 15) is 0 Å². The summed E-state index contributed by atoms with van der Waals surface area (Å²) in [4.78, 5) is 4.84. The van der Waals surface area contributed by atoms with Crippen LogP contribution in [0.5, 0.6) is 11.5 Å². The molecule has 5 nitrogen and oxygen atoms in total. The Hall–Kier alpha value is -5.16. The zero-order chi connectivity index (χ0) is 36.2. The molecule has 0 bridgehead atoms. The third-order valence-corrected chi connectivity index (χ3v) is 9.96. The van der Waals surface area contributed by atoms with Crippen LogP contribution in [-0.4, -0.2) is 19.3 Å². The average Bonchev–Trinajstić information content (AvgIpc) is 3.59. The largest absolute Gasteiger partial charge is 0.457 e. The van der Waals surface area contributed by atoms with Crippen LogP contribution >= 0.6 is 0 Å². The van der Waals surface area contributed by atoms with Crippen LogP contribution in [0.3, 0.4) is 0 Å². The molecule has 7 rings (SSSR count). The van der Waals surface area contributed by atoms with Crippen LogP contribution in [0.1, 0.15) is 88.5 Å². The maximum absolute atomic E-state index is 6.84. The standard InChI is InChI=1S/C46H50N4O/c1-11-15-32-22-23-47-41(24-32)49-39-19-13-12-18-37(39)38-21-20-35(28-40(38)49)51-36-26-33(45(5,6)7)25-34(27-36)50-44(46(8,9)10)43(31(4)48-50)42-29(2)16-14-17-30(42)3/h12-14,16-28H,11,15H2,1-10H3. The lowest BCUT2D eigenvalue weighted by Gasteiger charge is -2.26. The van der Waals surface area contributed by atoms with Crippen molar-refractivity contribution in [2.24, 2.45) is 0 Å². The molecule has 0 spiro atoms. The van der Waals surface area contributed by atoms with Gasteiger partial charge in [-0.3, -0.25) is 4.57 Å². The van der Waals surface area contributed by atoms with E-state index in [1.165, 1.54) is 49.8 Å². The van der Waals surface area contributed by atoms with Gasteiger partial charge in [-0.05, 0) is 103 Å². The van der Waals surface area contributed by atoms with Crippen molar-refractivity contribution in [2.45, 2.75) is 92.9 Å². The second-order valence-electron chi connectivity index (χ2n) is 16.1. The first kappa shape index (κ1) is 34.3. The van der Waals surface area contributed by atoms with Crippen molar-refractivity contribution in [1.82, 2.24) is 19.3 Å². The lowest BCUT2D eigenvalue weighted by atomic mass is 9.83. The Labute approximate surface area is 302 Å². The average molecular weight is 675 g/mol. The second kappa shape index (κ2) is 12.9. The summed E-state index contributed by atoms with van der Waals surface area (Å²) in [5.74, 6) is 2.48. The topological polar surface area (TPSA) is 44.9 Å². The number of ether oxygens (including phenoxy) is 1. The molecular weight excluding hydrogens is 625 g/mol. The van der Waals surface area contributed by atoms with E-state index in [0.717, 1.165) is 52.6 Å². The van der Waals surface area contributed by atoms with Crippen molar-refractivity contribution in [3.8, 4) is 34.1 Å². The fourth-order valence-electron chi connectivity index (χ4n) is 7.54. The van der Waals surface area contributed by atoms with E-state index in [2.05, 4.69) is 169 Å². The number of nitrogens with zero attached hydrogens (tertiary/aromatic N) is 4. The van der Waals surface area contributed by atoms with Gasteiger partial charge in [0.15, 0.2) is 0 Å². The quantitative estimate of drug-likeness (QED) is 0.169. The summed E-state index contributed by atoms with van der Waals surface area (Å²) >= 11 is 0. The molecule has 0 aliphatic heterocycles. The zero-order valence-corrected chi connectivity index (χ0v) is 31.8. The van der Waals surface area contributed by atoms with Gasteiger partial charge in [0.2, 0.25) is 0 Å². The fourth-order valence-corrected chi connectivity index (χ4v) is 7.54. The number of rotatable bonds is 7. The van der Waals surface area contributed by atoms with E-state index >= 15 is 0 Å². The summed E-state index contributed by atoms with van der Waals surface area (Å²) in [5.41, 5.74) is 12.6. The first-order chi connectivity index (χ1) is 24.2. The smallest absolute Gasteiger partial charge is 0.137 e. The lowest BCUT2D eigenvalue weighted by Crippen LogP contribution is -2.19. The molecule has 0 saturated heterocycles. The predicted molar refractivity (Wildman–Crippen MR) is 213 cm³/mol. The van der Waals surface area contributed by atoms with Crippen LogP contribution in [0, 0.1) is 20.8 Å². The first-order valence-corrected chi connectivity index (χ1v) is 18.2. The summed E-state index contributed by atoms with van der Waals surface area (Å²) in [6.07, 6.45) is 4.04. The van der Waals surface area contributed by atoms with Crippen molar-refractivity contribution in [1.29, 1.82) is 0 Å². The van der Waals surface area contributed by atoms with Gasteiger partial charge >= 0.3 is 0 Å². The molecule has 0 saturated carbocycles. The highest BCUT2D eigenvalue weighted by molar-refractivity contribution is 6.09. The fraction of sp³-hybridized carbons (Fsp3) is 0.304. The van der Waals surface area contributed by atoms with Gasteiger partial charge in [-0.15, -0.1) is 0 Å². The van der Waals surface area contributed by atoms with Gasteiger partial charge in [-0.2, -0.15) is 5.10 Å². The predicted octanol–water partition coefficient (Wildman–Crippen LogP) is 12.3. The normalized spacial score (nSPS) is 12.3. The van der Waals surface area contributed by atoms with E-state index in [1.807, 2.05) is 6.20 Å². The molecule has 0 amide bonds. The van der Waals surface area contributed by atoms with E-state index in [-0.39, 0.29) is 10.8 Å². The highest BCUT2D eigenvalue weighted by Gasteiger charge is 2.30. The molecule has 51 heavy (non-hydrogen) atoms. The Morgan fingerprint density at radius 1 is 0.667 bits per heavy atom. The van der Waals surface area contributed by atoms with Crippen LogP contribution < -0.4 is 4.74 Å². The number of pyridine rings is 1. The number of aryl methyl sites for hydroxylation is 4. The summed E-state index contributed by atoms with van der Waals surface area (Å²) in [7, 11) is 0. The number of hydrogen-bond acceptors (Lipinski definition) is 3. The van der Waals surface area contributed by atoms with E-state index in [0.29, 0.717) is 0 Å². The summed E-state index contributed by atoms with van der Waals surface area (Å²) in [6.45, 7) is 22.3. The van der Waals surface area contributed by atoms with E-state index < -0.39 is 0 Å². The number of hydrogen-bond donors (Lipinski definition) is 0. The molecule has 0 unspecified atom stereocenters. The number of fused-ring (bicyclic) bond motifs is 3. The molecule has 5 heteroatoms. The van der Waals surface area contributed by atoms with Gasteiger partial charge in [0, 0.05) is 40.1 Å². The Morgan fingerprint density at radius 2 is 1.39 bits per heavy atom. The van der Waals surface area contributed by atoms with Gasteiger partial charge in [0.05, 0.1) is 28.1 Å². The second-order valence-corrected chi connectivity index (χ2v) is 16.1. The molecule has 0 radical (unpaired) electrons. The molecule has 3 heterocycles. The van der Waals surface area contributed by atoms with Crippen LogP contribution in [0.25, 0.3) is 44.4 Å². The van der Waals surface area contributed by atoms with Gasteiger partial charge in [0.1, 0.15) is 17.3 Å². The monoisotopic (exact) mass is 674 g/mol. The lowest BCUT2D eigenvalue weighted by molar-refractivity contribution is 0.477. The molecule has 3 aromatic heterocycles. The number of para-hydroxylation sites is 1. The molecule has 260 valence electrons. The minimum Gasteiger partial charge on any atom is -0.457 e. The van der Waals surface area contributed by atoms with E-state index in [4.69, 9.17) is 14.8 Å². The Balaban J connectivity index is 1.39. The van der Waals surface area contributed by atoms with Crippen molar-refractivity contribution < 1.29 is 4.74 Å². The SMILES string of the molecule is CCCc1ccnc(-n2c3ccccc3c3ccc(Oc4cc(-n5nc(C)c(-c6c(C)cccc6C)c5C(C)(C)C)cc(C(C)(C)C)c4)cc32)c1. The van der Waals surface area contributed by atoms with Crippen molar-refractivity contribution in [3.05, 3.63) is 131 Å². The van der Waals surface area contributed by atoms with Gasteiger partial charge in [-0.1, -0.05) is 91.3 Å². The summed E-state index contributed by atoms with van der Waals surface area (Å²) in [6, 6.07) is 32.5. The van der Waals surface area contributed by atoms with Gasteiger partial charge < -0.3 is 4.74 Å². The molecule has 0 fully saturated rings. The summed E-state index contributed by atoms with van der Waals surface area (Å²) in [5, 5.41) is 7.63. The molecule has 4 aromatic carbocycles. The third-order valence-electron chi connectivity index (χ3n) is 9.96. The molecule has 7 aromatic rings. The van der Waals surface area contributed by atoms with Crippen LogP contribution in [0.15, 0.2) is 97.2 Å². The van der Waals surface area contributed by atoms with E-state index in [1.54, 1.807) is 0 Å². The number of aromatic nitrogens is 4. The van der Waals surface area contributed by atoms with Crippen molar-refractivity contribution >= 4 is 21.8 Å². The Kier molecular flexibility index (Phi) is 8.65. The van der Waals surface area contributed by atoms with Crippen molar-refractivity contribution in [3.63, 3.8) is 0 Å². The maximum Gasteiger partial charge on any atom is 0.137 e.